The number of carbonyl (C=O) groups is 3. The van der Waals surface area contributed by atoms with Gasteiger partial charge in [-0.05, 0) is 61.1 Å². The smallest absolute Gasteiger partial charge is 0.257 e. The number of carbonyl (C=O) groups excluding carboxylic acids is 3. The third-order valence-electron chi connectivity index (χ3n) is 8.01. The topological polar surface area (TPSA) is 99.0 Å². The van der Waals surface area contributed by atoms with Crippen LogP contribution in [-0.4, -0.2) is 77.3 Å². The molecule has 0 aromatic heterocycles. The third kappa shape index (κ3) is 8.99. The summed E-state index contributed by atoms with van der Waals surface area (Å²) >= 11 is 0. The standard InChI is InChI=1S/C35H45N5O3/c1-35(2,36)20-12-17-32(41)38(3)31(25-27-18-19-28-15-8-9-16-29(28)23-27)34(43)39(4)30(24-26-13-6-5-7-14-26)33(42)37-40-21-10-11-22-40/h5-9,12-19,23,30-31H,10-11,20-22,24-25,36H2,1-4H3,(H,37,42)/t30-,31-/m1/s1. The van der Waals surface area contributed by atoms with Crippen LogP contribution < -0.4 is 11.2 Å². The van der Waals surface area contributed by atoms with Crippen LogP contribution in [0.4, 0.5) is 0 Å². The molecule has 3 N–H and O–H groups in total. The Kier molecular flexibility index (Phi) is 10.7. The molecule has 3 aromatic carbocycles. The Bertz CT molecular complexity index is 1430. The van der Waals surface area contributed by atoms with Crippen molar-refractivity contribution in [1.29, 1.82) is 0 Å². The van der Waals surface area contributed by atoms with E-state index in [-0.39, 0.29) is 17.7 Å². The van der Waals surface area contributed by atoms with Gasteiger partial charge >= 0.3 is 0 Å². The highest BCUT2D eigenvalue weighted by Crippen LogP contribution is 2.20. The number of nitrogens with one attached hydrogen (secondary N) is 1. The Labute approximate surface area is 255 Å². The fraction of sp³-hybridized carbons (Fsp3) is 0.400. The fourth-order valence-corrected chi connectivity index (χ4v) is 5.40. The minimum Gasteiger partial charge on any atom is -0.332 e. The molecule has 3 amide bonds. The van der Waals surface area contributed by atoms with Gasteiger partial charge in [-0.25, -0.2) is 5.01 Å². The number of likely N-dealkylation sites (N-methyl/N-ethyl adjacent to an activating group) is 2. The highest BCUT2D eigenvalue weighted by Gasteiger charge is 2.35. The lowest BCUT2D eigenvalue weighted by atomic mass is 9.98. The molecular formula is C35H45N5O3. The molecule has 1 aliphatic rings. The average molecular weight is 584 g/mol. The lowest BCUT2D eigenvalue weighted by molar-refractivity contribution is -0.147. The van der Waals surface area contributed by atoms with Crippen molar-refractivity contribution in [2.75, 3.05) is 27.2 Å². The van der Waals surface area contributed by atoms with E-state index in [4.69, 9.17) is 5.73 Å². The lowest BCUT2D eigenvalue weighted by Crippen LogP contribution is -2.57. The number of nitrogens with zero attached hydrogens (tertiary/aromatic N) is 3. The van der Waals surface area contributed by atoms with E-state index in [9.17, 15) is 14.4 Å². The second-order valence-corrected chi connectivity index (χ2v) is 12.3. The van der Waals surface area contributed by atoms with Crippen LogP contribution in [0.25, 0.3) is 10.8 Å². The van der Waals surface area contributed by atoms with Gasteiger partial charge in [0.15, 0.2) is 0 Å². The Balaban J connectivity index is 1.63. The maximum Gasteiger partial charge on any atom is 0.257 e. The van der Waals surface area contributed by atoms with E-state index >= 15 is 0 Å². The summed E-state index contributed by atoms with van der Waals surface area (Å²) in [4.78, 5) is 44.4. The predicted octanol–water partition coefficient (Wildman–Crippen LogP) is 4.09. The van der Waals surface area contributed by atoms with Crippen LogP contribution in [0.15, 0.2) is 84.9 Å². The average Bonchev–Trinajstić information content (AvgIpc) is 3.50. The first-order valence-corrected chi connectivity index (χ1v) is 15.1. The Morgan fingerprint density at radius 2 is 1.49 bits per heavy atom. The molecule has 1 heterocycles. The Hall–Kier alpha value is -4.01. The second kappa shape index (κ2) is 14.4. The van der Waals surface area contributed by atoms with Gasteiger partial charge in [0.05, 0.1) is 0 Å². The minimum atomic E-state index is -0.827. The number of hydrogen-bond acceptors (Lipinski definition) is 5. The van der Waals surface area contributed by atoms with Gasteiger partial charge < -0.3 is 15.5 Å². The van der Waals surface area contributed by atoms with E-state index in [1.54, 1.807) is 20.2 Å². The van der Waals surface area contributed by atoms with Gasteiger partial charge in [-0.15, -0.1) is 0 Å². The summed E-state index contributed by atoms with van der Waals surface area (Å²) in [6.07, 6.45) is 6.46. The number of rotatable bonds is 12. The van der Waals surface area contributed by atoms with Crippen molar-refractivity contribution in [3.8, 4) is 0 Å². The summed E-state index contributed by atoms with van der Waals surface area (Å²) in [7, 11) is 3.31. The number of amides is 3. The summed E-state index contributed by atoms with van der Waals surface area (Å²) in [6, 6.07) is 22.2. The summed E-state index contributed by atoms with van der Waals surface area (Å²) in [5, 5.41) is 4.08. The quantitative estimate of drug-likeness (QED) is 0.313. The number of fused-ring (bicyclic) bond motifs is 1. The largest absolute Gasteiger partial charge is 0.332 e. The first-order valence-electron chi connectivity index (χ1n) is 15.1. The van der Waals surface area contributed by atoms with Crippen LogP contribution in [-0.2, 0) is 27.2 Å². The molecule has 0 spiro atoms. The molecule has 228 valence electrons. The van der Waals surface area contributed by atoms with Crippen molar-refractivity contribution in [3.63, 3.8) is 0 Å². The van der Waals surface area contributed by atoms with Crippen molar-refractivity contribution >= 4 is 28.5 Å². The maximum absolute atomic E-state index is 14.4. The van der Waals surface area contributed by atoms with E-state index in [0.717, 1.165) is 47.8 Å². The van der Waals surface area contributed by atoms with Gasteiger partial charge in [-0.3, -0.25) is 19.8 Å². The third-order valence-corrected chi connectivity index (χ3v) is 8.01. The first-order chi connectivity index (χ1) is 20.5. The molecule has 4 rings (SSSR count). The van der Waals surface area contributed by atoms with E-state index in [1.165, 1.54) is 15.9 Å². The molecule has 0 radical (unpaired) electrons. The van der Waals surface area contributed by atoms with E-state index in [2.05, 4.69) is 11.5 Å². The first kappa shape index (κ1) is 31.9. The zero-order valence-electron chi connectivity index (χ0n) is 25.8. The molecule has 1 fully saturated rings. The lowest BCUT2D eigenvalue weighted by Gasteiger charge is -2.35. The van der Waals surface area contributed by atoms with E-state index < -0.39 is 17.6 Å². The molecular weight excluding hydrogens is 538 g/mol. The van der Waals surface area contributed by atoms with Crippen molar-refractivity contribution in [2.45, 2.75) is 63.6 Å². The fourth-order valence-electron chi connectivity index (χ4n) is 5.40. The van der Waals surface area contributed by atoms with Gasteiger partial charge in [0.2, 0.25) is 11.8 Å². The number of nitrogens with two attached hydrogens (primary N) is 1. The highest BCUT2D eigenvalue weighted by atomic mass is 16.2. The van der Waals surface area contributed by atoms with Crippen LogP contribution in [0.2, 0.25) is 0 Å². The molecule has 0 aliphatic carbocycles. The molecule has 2 atom stereocenters. The summed E-state index contributed by atoms with van der Waals surface area (Å²) in [6.45, 7) is 5.36. The normalized spacial score (nSPS) is 15.4. The zero-order chi connectivity index (χ0) is 31.0. The molecule has 0 bridgehead atoms. The van der Waals surface area contributed by atoms with Crippen LogP contribution in [0.5, 0.6) is 0 Å². The van der Waals surface area contributed by atoms with Crippen LogP contribution >= 0.6 is 0 Å². The second-order valence-electron chi connectivity index (χ2n) is 12.3. The molecule has 8 nitrogen and oxygen atoms in total. The Morgan fingerprint density at radius 3 is 2.16 bits per heavy atom. The van der Waals surface area contributed by atoms with Gasteiger partial charge in [-0.2, -0.15) is 0 Å². The van der Waals surface area contributed by atoms with Crippen LogP contribution in [0.1, 0.15) is 44.2 Å². The summed E-state index contributed by atoms with van der Waals surface area (Å²) in [5.41, 5.74) is 10.6. The predicted molar refractivity (Wildman–Crippen MR) is 172 cm³/mol. The van der Waals surface area contributed by atoms with E-state index in [0.29, 0.717) is 19.3 Å². The van der Waals surface area contributed by atoms with Crippen molar-refractivity contribution in [3.05, 3.63) is 96.1 Å². The molecule has 43 heavy (non-hydrogen) atoms. The van der Waals surface area contributed by atoms with E-state index in [1.807, 2.05) is 85.6 Å². The molecule has 0 unspecified atom stereocenters. The van der Waals surface area contributed by atoms with Crippen molar-refractivity contribution < 1.29 is 14.4 Å². The van der Waals surface area contributed by atoms with Crippen molar-refractivity contribution in [2.24, 2.45) is 5.73 Å². The number of hydrazine groups is 1. The molecule has 3 aromatic rings. The number of hydrogen-bond donors (Lipinski definition) is 2. The molecule has 1 saturated heterocycles. The van der Waals surface area contributed by atoms with Gasteiger partial charge in [-0.1, -0.05) is 78.9 Å². The van der Waals surface area contributed by atoms with Gasteiger partial charge in [0.25, 0.3) is 5.91 Å². The monoisotopic (exact) mass is 583 g/mol. The molecule has 8 heteroatoms. The Morgan fingerprint density at radius 1 is 0.860 bits per heavy atom. The minimum absolute atomic E-state index is 0.231. The van der Waals surface area contributed by atoms with Crippen LogP contribution in [0.3, 0.4) is 0 Å². The molecule has 1 aliphatic heterocycles. The molecule has 0 saturated carbocycles. The van der Waals surface area contributed by atoms with Crippen molar-refractivity contribution in [1.82, 2.24) is 20.2 Å². The van der Waals surface area contributed by atoms with Gasteiger partial charge in [0.1, 0.15) is 12.1 Å². The summed E-state index contributed by atoms with van der Waals surface area (Å²) < 4.78 is 0. The maximum atomic E-state index is 14.4. The highest BCUT2D eigenvalue weighted by molar-refractivity contribution is 5.95. The summed E-state index contributed by atoms with van der Waals surface area (Å²) in [5.74, 6) is -0.822. The van der Waals surface area contributed by atoms with Gasteiger partial charge in [0, 0.05) is 45.6 Å². The SMILES string of the molecule is CN(C(=O)C=CCC(C)(C)N)[C@H](Cc1ccc2ccccc2c1)C(=O)N(C)[C@H](Cc1ccccc1)C(=O)NN1CCCC1. The van der Waals surface area contributed by atoms with Crippen LogP contribution in [0, 0.1) is 0 Å². The zero-order valence-corrected chi connectivity index (χ0v) is 25.8. The number of benzene rings is 3.